The Morgan fingerprint density at radius 1 is 1.60 bits per heavy atom. The Hall–Kier alpha value is 0.914. The first-order valence-corrected chi connectivity index (χ1v) is 7.19. The monoisotopic (exact) mass is 163 g/mol. The van der Waals surface area contributed by atoms with E-state index in [2.05, 4.69) is 15.3 Å². The molecule has 5 heavy (non-hydrogen) atoms. The molecule has 0 aromatic heterocycles. The standard InChI is InChI=1S/C2H4BrSi2/c3-5-1-4-2-5/h1-2H2. The molecule has 1 aliphatic rings. The summed E-state index contributed by atoms with van der Waals surface area (Å²) in [5.74, 6) is 0. The third-order valence-corrected chi connectivity index (χ3v) is 10.7. The van der Waals surface area contributed by atoms with Gasteiger partial charge in [-0.05, 0) is 0 Å². The molecule has 0 nitrogen and oxygen atoms in total. The van der Waals surface area contributed by atoms with Crippen LogP contribution in [0.15, 0.2) is 0 Å². The zero-order valence-corrected chi connectivity index (χ0v) is 6.38. The molecule has 0 spiro atoms. The minimum absolute atomic E-state index is 0.131. The van der Waals surface area contributed by atoms with E-state index in [-0.39, 0.29) is 7.42 Å². The summed E-state index contributed by atoms with van der Waals surface area (Å²) < 4.78 is 0. The highest BCUT2D eigenvalue weighted by atomic mass is 79.9. The molecule has 1 aliphatic heterocycles. The van der Waals surface area contributed by atoms with Gasteiger partial charge in [0, 0.05) is 9.52 Å². The molecule has 0 unspecified atom stereocenters. The molecule has 3 radical (unpaired) electrons. The van der Waals surface area contributed by atoms with Crippen molar-refractivity contribution in [3.05, 3.63) is 0 Å². The molecule has 0 aliphatic carbocycles. The summed E-state index contributed by atoms with van der Waals surface area (Å²) in [5, 5.41) is 0. The number of rotatable bonds is 0. The predicted molar refractivity (Wildman–Crippen MR) is 30.0 cm³/mol. The highest BCUT2D eigenvalue weighted by Gasteiger charge is 2.15. The van der Waals surface area contributed by atoms with Gasteiger partial charge >= 0.3 is 0 Å². The maximum atomic E-state index is 3.57. The second-order valence-electron chi connectivity index (χ2n) is 1.12. The molecule has 0 aromatic rings. The van der Waals surface area contributed by atoms with Crippen molar-refractivity contribution in [1.82, 2.24) is 0 Å². The fourth-order valence-electron chi connectivity index (χ4n) is 0.219. The smallest absolute Gasteiger partial charge is 0.128 e. The van der Waals surface area contributed by atoms with Crippen LogP contribution in [0.3, 0.4) is 0 Å². The van der Waals surface area contributed by atoms with Crippen molar-refractivity contribution in [1.29, 1.82) is 0 Å². The van der Waals surface area contributed by atoms with Crippen molar-refractivity contribution in [2.24, 2.45) is 0 Å². The highest BCUT2D eigenvalue weighted by molar-refractivity contribution is 9.24. The Morgan fingerprint density at radius 3 is 2.00 bits per heavy atom. The van der Waals surface area contributed by atoms with E-state index >= 15 is 0 Å². The lowest BCUT2D eigenvalue weighted by Gasteiger charge is -2.12. The topological polar surface area (TPSA) is 0 Å². The normalized spacial score (nSPS) is 25.8. The van der Waals surface area contributed by atoms with E-state index in [0.717, 1.165) is 0 Å². The summed E-state index contributed by atoms with van der Waals surface area (Å²) in [6, 6.07) is 0. The zero-order valence-electron chi connectivity index (χ0n) is 2.79. The van der Waals surface area contributed by atoms with Gasteiger partial charge in [0.15, 0.2) is 0 Å². The molecule has 1 rings (SSSR count). The second-order valence-corrected chi connectivity index (χ2v) is 8.85. The molecule has 1 fully saturated rings. The molecule has 0 bridgehead atoms. The zero-order chi connectivity index (χ0) is 3.70. The van der Waals surface area contributed by atoms with E-state index in [0.29, 0.717) is 0 Å². The van der Waals surface area contributed by atoms with Crippen LogP contribution >= 0.6 is 15.3 Å². The Balaban J connectivity index is 2.08. The molecule has 0 N–H and O–H groups in total. The summed E-state index contributed by atoms with van der Waals surface area (Å²) in [6.45, 7) is 0. The summed E-state index contributed by atoms with van der Waals surface area (Å²) >= 11 is 3.57. The fourth-order valence-corrected chi connectivity index (χ4v) is 5.54. The maximum absolute atomic E-state index is 3.57. The second kappa shape index (κ2) is 1.57. The van der Waals surface area contributed by atoms with Crippen LogP contribution in [0.5, 0.6) is 0 Å². The molecule has 0 atom stereocenters. The van der Waals surface area contributed by atoms with Crippen molar-refractivity contribution in [2.75, 3.05) is 0 Å². The van der Waals surface area contributed by atoms with Crippen LogP contribution in [0.2, 0.25) is 11.3 Å². The van der Waals surface area contributed by atoms with Gasteiger partial charge in [-0.1, -0.05) is 11.3 Å². The van der Waals surface area contributed by atoms with Gasteiger partial charge in [0.2, 0.25) is 0 Å². The van der Waals surface area contributed by atoms with Crippen molar-refractivity contribution in [3.63, 3.8) is 0 Å². The van der Waals surface area contributed by atoms with Gasteiger partial charge in [0.05, 0.1) is 0 Å². The average molecular weight is 164 g/mol. The first kappa shape index (κ1) is 4.08. The van der Waals surface area contributed by atoms with Crippen LogP contribution in [0.1, 0.15) is 0 Å². The summed E-state index contributed by atoms with van der Waals surface area (Å²) in [7, 11) is 1.43. The highest BCUT2D eigenvalue weighted by Crippen LogP contribution is 2.15. The molecule has 1 saturated heterocycles. The molecule has 3 heteroatoms. The minimum atomic E-state index is 0.131. The van der Waals surface area contributed by atoms with E-state index in [1.54, 1.807) is 0 Å². The van der Waals surface area contributed by atoms with Gasteiger partial charge in [0.25, 0.3) is 0 Å². The quantitative estimate of drug-likeness (QED) is 0.370. The van der Waals surface area contributed by atoms with Crippen molar-refractivity contribution in [2.45, 2.75) is 11.3 Å². The third kappa shape index (κ3) is 0.873. The maximum Gasteiger partial charge on any atom is 0.128 e. The SMILES string of the molecule is Br[Si]1C[Si]C1. The Kier molecular flexibility index (Phi) is 1.29. The largest absolute Gasteiger partial charge is 0.129 e. The van der Waals surface area contributed by atoms with E-state index in [1.807, 2.05) is 0 Å². The van der Waals surface area contributed by atoms with E-state index < -0.39 is 0 Å². The molecule has 0 saturated carbocycles. The lowest BCUT2D eigenvalue weighted by molar-refractivity contribution is 1.69. The molecule has 1 heterocycles. The third-order valence-electron chi connectivity index (χ3n) is 0.634. The Morgan fingerprint density at radius 2 is 2.00 bits per heavy atom. The van der Waals surface area contributed by atoms with Gasteiger partial charge in [-0.15, -0.1) is 15.3 Å². The minimum Gasteiger partial charge on any atom is -0.129 e. The summed E-state index contributed by atoms with van der Waals surface area (Å²) in [4.78, 5) is 0. The van der Waals surface area contributed by atoms with Crippen LogP contribution < -0.4 is 0 Å². The van der Waals surface area contributed by atoms with Gasteiger partial charge in [-0.2, -0.15) is 0 Å². The van der Waals surface area contributed by atoms with Crippen LogP contribution in [-0.4, -0.2) is 16.9 Å². The lowest BCUT2D eigenvalue weighted by atomic mass is 11.8. The van der Waals surface area contributed by atoms with Gasteiger partial charge in [0.1, 0.15) is 7.42 Å². The Labute approximate surface area is 44.0 Å². The molecular formula is C2H4BrSi2. The van der Waals surface area contributed by atoms with Gasteiger partial charge < -0.3 is 0 Å². The van der Waals surface area contributed by atoms with Crippen molar-refractivity contribution < 1.29 is 0 Å². The number of hydrogen-bond donors (Lipinski definition) is 0. The van der Waals surface area contributed by atoms with Crippen LogP contribution in [0, 0.1) is 0 Å². The van der Waals surface area contributed by atoms with E-state index in [4.69, 9.17) is 0 Å². The summed E-state index contributed by atoms with van der Waals surface area (Å²) in [5.41, 5.74) is 3.06. The first-order valence-electron chi connectivity index (χ1n) is 1.60. The van der Waals surface area contributed by atoms with Crippen molar-refractivity contribution >= 4 is 32.2 Å². The number of hydrogen-bond acceptors (Lipinski definition) is 0. The van der Waals surface area contributed by atoms with Crippen LogP contribution in [0.4, 0.5) is 0 Å². The number of halogens is 1. The average Bonchev–Trinajstić information content (AvgIpc) is 1.30. The molecule has 0 amide bonds. The Bertz CT molecular complexity index is 34.6. The predicted octanol–water partition coefficient (Wildman–Crippen LogP) is 1.01. The lowest BCUT2D eigenvalue weighted by Crippen LogP contribution is -2.21. The van der Waals surface area contributed by atoms with E-state index in [9.17, 15) is 0 Å². The molecular weight excluding hydrogens is 160 g/mol. The van der Waals surface area contributed by atoms with Crippen molar-refractivity contribution in [3.8, 4) is 0 Å². The van der Waals surface area contributed by atoms with Gasteiger partial charge in [-0.3, -0.25) is 0 Å². The fraction of sp³-hybridized carbons (Fsp3) is 1.00. The van der Waals surface area contributed by atoms with Crippen LogP contribution in [0.25, 0.3) is 0 Å². The molecule has 0 aromatic carbocycles. The first-order chi connectivity index (χ1) is 2.39. The van der Waals surface area contributed by atoms with Crippen LogP contribution in [-0.2, 0) is 0 Å². The molecule has 27 valence electrons. The van der Waals surface area contributed by atoms with E-state index in [1.165, 1.54) is 20.9 Å². The summed E-state index contributed by atoms with van der Waals surface area (Å²) in [6.07, 6.45) is 0. The van der Waals surface area contributed by atoms with Gasteiger partial charge in [-0.25, -0.2) is 0 Å².